The van der Waals surface area contributed by atoms with E-state index in [0.29, 0.717) is 23.8 Å². The highest BCUT2D eigenvalue weighted by atomic mass is 16.2. The summed E-state index contributed by atoms with van der Waals surface area (Å²) < 4.78 is 0. The van der Waals surface area contributed by atoms with E-state index in [1.165, 1.54) is 25.7 Å². The minimum atomic E-state index is 0.155. The molecule has 0 aliphatic heterocycles. The number of nitrogens with zero attached hydrogens (tertiary/aromatic N) is 1. The molecule has 2 rings (SSSR count). The van der Waals surface area contributed by atoms with E-state index in [1.807, 2.05) is 7.05 Å². The number of hydrogen-bond acceptors (Lipinski definition) is 2. The van der Waals surface area contributed by atoms with Crippen LogP contribution in [0.15, 0.2) is 0 Å². The van der Waals surface area contributed by atoms with E-state index in [-0.39, 0.29) is 12.0 Å². The molecule has 5 atom stereocenters. The van der Waals surface area contributed by atoms with E-state index in [1.54, 1.807) is 0 Å². The SMILES string of the molecule is CC1CCC(N)CC1C(=O)N(C)C1CCCCC1C. The Bertz CT molecular complexity index is 318. The molecule has 0 aromatic carbocycles. The summed E-state index contributed by atoms with van der Waals surface area (Å²) in [7, 11) is 2.02. The van der Waals surface area contributed by atoms with Crippen molar-refractivity contribution in [3.05, 3.63) is 0 Å². The molecule has 5 unspecified atom stereocenters. The maximum atomic E-state index is 12.8. The number of nitrogens with two attached hydrogens (primary N) is 1. The molecule has 0 saturated heterocycles. The Hall–Kier alpha value is -0.570. The molecule has 3 nitrogen and oxygen atoms in total. The molecule has 0 aromatic heterocycles. The van der Waals surface area contributed by atoms with Crippen molar-refractivity contribution in [2.45, 2.75) is 70.9 Å². The summed E-state index contributed by atoms with van der Waals surface area (Å²) in [5.74, 6) is 1.65. The second-order valence-electron chi connectivity index (χ2n) is 6.94. The fourth-order valence-corrected chi connectivity index (χ4v) is 4.00. The van der Waals surface area contributed by atoms with Crippen molar-refractivity contribution in [3.63, 3.8) is 0 Å². The lowest BCUT2D eigenvalue weighted by Gasteiger charge is -2.40. The maximum Gasteiger partial charge on any atom is 0.226 e. The summed E-state index contributed by atoms with van der Waals surface area (Å²) in [5, 5.41) is 0. The topological polar surface area (TPSA) is 46.3 Å². The van der Waals surface area contributed by atoms with E-state index in [2.05, 4.69) is 18.7 Å². The van der Waals surface area contributed by atoms with Gasteiger partial charge in [-0.3, -0.25) is 4.79 Å². The van der Waals surface area contributed by atoms with Crippen LogP contribution in [0, 0.1) is 17.8 Å². The van der Waals surface area contributed by atoms with Gasteiger partial charge in [0.2, 0.25) is 5.91 Å². The average Bonchev–Trinajstić information content (AvgIpc) is 2.40. The van der Waals surface area contributed by atoms with Crippen LogP contribution in [-0.2, 0) is 4.79 Å². The number of amides is 1. The Kier molecular flexibility index (Phi) is 4.88. The van der Waals surface area contributed by atoms with Crippen LogP contribution < -0.4 is 5.73 Å². The van der Waals surface area contributed by atoms with Gasteiger partial charge in [-0.05, 0) is 43.9 Å². The van der Waals surface area contributed by atoms with Gasteiger partial charge >= 0.3 is 0 Å². The van der Waals surface area contributed by atoms with Crippen LogP contribution in [0.2, 0.25) is 0 Å². The number of hydrogen-bond donors (Lipinski definition) is 1. The van der Waals surface area contributed by atoms with Crippen LogP contribution >= 0.6 is 0 Å². The zero-order valence-corrected chi connectivity index (χ0v) is 12.8. The zero-order chi connectivity index (χ0) is 14.0. The molecular weight excluding hydrogens is 236 g/mol. The molecular formula is C16H30N2O. The van der Waals surface area contributed by atoms with E-state index in [4.69, 9.17) is 5.73 Å². The first kappa shape index (κ1) is 14.8. The van der Waals surface area contributed by atoms with Gasteiger partial charge in [0.25, 0.3) is 0 Å². The molecule has 0 bridgehead atoms. The summed E-state index contributed by atoms with van der Waals surface area (Å²) in [4.78, 5) is 14.8. The summed E-state index contributed by atoms with van der Waals surface area (Å²) in [6.45, 7) is 4.51. The summed E-state index contributed by atoms with van der Waals surface area (Å²) >= 11 is 0. The molecule has 19 heavy (non-hydrogen) atoms. The first-order chi connectivity index (χ1) is 9.00. The van der Waals surface area contributed by atoms with Crippen molar-refractivity contribution in [2.75, 3.05) is 7.05 Å². The lowest BCUT2D eigenvalue weighted by Crippen LogP contribution is -2.48. The maximum absolute atomic E-state index is 12.8. The third-order valence-electron chi connectivity index (χ3n) is 5.46. The van der Waals surface area contributed by atoms with Crippen LogP contribution in [0.25, 0.3) is 0 Å². The van der Waals surface area contributed by atoms with Crippen LogP contribution in [0.4, 0.5) is 0 Å². The fraction of sp³-hybridized carbons (Fsp3) is 0.938. The second kappa shape index (κ2) is 6.25. The third kappa shape index (κ3) is 3.31. The highest BCUT2D eigenvalue weighted by Gasteiger charge is 2.36. The molecule has 2 fully saturated rings. The van der Waals surface area contributed by atoms with Gasteiger partial charge in [0.05, 0.1) is 0 Å². The standard InChI is InChI=1S/C16H30N2O/c1-11-8-9-13(17)10-14(11)16(19)18(3)15-7-5-4-6-12(15)2/h11-15H,4-10,17H2,1-3H3. The Morgan fingerprint density at radius 1 is 1.05 bits per heavy atom. The number of carbonyl (C=O) groups is 1. The third-order valence-corrected chi connectivity index (χ3v) is 5.46. The fourth-order valence-electron chi connectivity index (χ4n) is 4.00. The predicted octanol–water partition coefficient (Wildman–Crippen LogP) is 2.79. The Labute approximate surface area is 117 Å². The van der Waals surface area contributed by atoms with Gasteiger partial charge in [-0.25, -0.2) is 0 Å². The monoisotopic (exact) mass is 266 g/mol. The molecule has 0 radical (unpaired) electrons. The molecule has 2 aliphatic carbocycles. The minimum absolute atomic E-state index is 0.155. The van der Waals surface area contributed by atoms with Gasteiger partial charge < -0.3 is 10.6 Å². The summed E-state index contributed by atoms with van der Waals surface area (Å²) in [6, 6.07) is 0.675. The predicted molar refractivity (Wildman–Crippen MR) is 78.7 cm³/mol. The number of carbonyl (C=O) groups excluding carboxylic acids is 1. The molecule has 2 aliphatic rings. The first-order valence-electron chi connectivity index (χ1n) is 8.03. The van der Waals surface area contributed by atoms with Crippen LogP contribution in [0.5, 0.6) is 0 Å². The van der Waals surface area contributed by atoms with Crippen molar-refractivity contribution in [1.82, 2.24) is 4.90 Å². The van der Waals surface area contributed by atoms with Crippen LogP contribution in [0.3, 0.4) is 0 Å². The van der Waals surface area contributed by atoms with E-state index >= 15 is 0 Å². The molecule has 3 heteroatoms. The molecule has 1 amide bonds. The van der Waals surface area contributed by atoms with Crippen LogP contribution in [-0.4, -0.2) is 29.9 Å². The van der Waals surface area contributed by atoms with Gasteiger partial charge in [-0.15, -0.1) is 0 Å². The summed E-state index contributed by atoms with van der Waals surface area (Å²) in [5.41, 5.74) is 6.06. The van der Waals surface area contributed by atoms with Gasteiger partial charge in [0.15, 0.2) is 0 Å². The van der Waals surface area contributed by atoms with Crippen molar-refractivity contribution < 1.29 is 4.79 Å². The molecule has 0 heterocycles. The van der Waals surface area contributed by atoms with Crippen molar-refractivity contribution >= 4 is 5.91 Å². The Morgan fingerprint density at radius 3 is 2.42 bits per heavy atom. The minimum Gasteiger partial charge on any atom is -0.342 e. The molecule has 2 saturated carbocycles. The highest BCUT2D eigenvalue weighted by molar-refractivity contribution is 5.79. The molecule has 110 valence electrons. The molecule has 0 aromatic rings. The average molecular weight is 266 g/mol. The van der Waals surface area contributed by atoms with Gasteiger partial charge in [-0.2, -0.15) is 0 Å². The zero-order valence-electron chi connectivity index (χ0n) is 12.8. The van der Waals surface area contributed by atoms with E-state index in [9.17, 15) is 4.79 Å². The molecule has 0 spiro atoms. The lowest BCUT2D eigenvalue weighted by atomic mass is 9.76. The smallest absolute Gasteiger partial charge is 0.226 e. The largest absolute Gasteiger partial charge is 0.342 e. The Balaban J connectivity index is 2.01. The van der Waals surface area contributed by atoms with Gasteiger partial charge in [0, 0.05) is 25.0 Å². The van der Waals surface area contributed by atoms with Gasteiger partial charge in [-0.1, -0.05) is 26.7 Å². The van der Waals surface area contributed by atoms with Crippen molar-refractivity contribution in [3.8, 4) is 0 Å². The normalized spacial score (nSPS) is 39.9. The first-order valence-corrected chi connectivity index (χ1v) is 8.03. The van der Waals surface area contributed by atoms with E-state index < -0.39 is 0 Å². The lowest BCUT2D eigenvalue weighted by molar-refractivity contribution is -0.141. The highest BCUT2D eigenvalue weighted by Crippen LogP contribution is 2.33. The Morgan fingerprint density at radius 2 is 1.74 bits per heavy atom. The summed E-state index contributed by atoms with van der Waals surface area (Å²) in [6.07, 6.45) is 8.10. The van der Waals surface area contributed by atoms with Crippen molar-refractivity contribution in [2.24, 2.45) is 23.5 Å². The molecule has 2 N–H and O–H groups in total. The second-order valence-corrected chi connectivity index (χ2v) is 6.94. The van der Waals surface area contributed by atoms with E-state index in [0.717, 1.165) is 19.3 Å². The van der Waals surface area contributed by atoms with Gasteiger partial charge in [0.1, 0.15) is 0 Å². The quantitative estimate of drug-likeness (QED) is 0.835. The van der Waals surface area contributed by atoms with Crippen molar-refractivity contribution in [1.29, 1.82) is 0 Å². The number of rotatable bonds is 2. The van der Waals surface area contributed by atoms with Crippen LogP contribution in [0.1, 0.15) is 58.8 Å².